The fourth-order valence-corrected chi connectivity index (χ4v) is 4.44. The first kappa shape index (κ1) is 10.1. The molecule has 0 N–H and O–H groups in total. The smallest absolute Gasteiger partial charge is 0.162 e. The van der Waals surface area contributed by atoms with E-state index in [2.05, 4.69) is 19.1 Å². The summed E-state index contributed by atoms with van der Waals surface area (Å²) in [5, 5.41) is 0. The molecular weight excluding hydrogens is 212 g/mol. The molecule has 1 spiro atoms. The van der Waals surface area contributed by atoms with E-state index < -0.39 is 5.60 Å². The van der Waals surface area contributed by atoms with E-state index in [-0.39, 0.29) is 5.60 Å². The summed E-state index contributed by atoms with van der Waals surface area (Å²) in [6.45, 7) is 2.08. The topological polar surface area (TPSA) is 26.3 Å². The first-order valence-corrected chi connectivity index (χ1v) is 6.79. The number of fused-ring (bicyclic) bond motifs is 2. The van der Waals surface area contributed by atoms with E-state index in [1.165, 1.54) is 18.4 Å². The molecule has 2 bridgehead atoms. The van der Waals surface area contributed by atoms with Gasteiger partial charge >= 0.3 is 0 Å². The van der Waals surface area contributed by atoms with Crippen LogP contribution in [0.5, 0.6) is 0 Å². The summed E-state index contributed by atoms with van der Waals surface area (Å²) in [4.78, 5) is 12.1. The molecule has 2 heterocycles. The molecule has 1 unspecified atom stereocenters. The van der Waals surface area contributed by atoms with Crippen molar-refractivity contribution < 1.29 is 9.53 Å². The number of ketones is 1. The second-order valence-corrected chi connectivity index (χ2v) is 6.19. The number of hydrogen-bond acceptors (Lipinski definition) is 2. The molecule has 17 heavy (non-hydrogen) atoms. The lowest BCUT2D eigenvalue weighted by Crippen LogP contribution is -2.38. The lowest BCUT2D eigenvalue weighted by atomic mass is 9.82. The molecule has 0 aromatic heterocycles. The van der Waals surface area contributed by atoms with Crippen LogP contribution in [0, 0.1) is 5.92 Å². The maximum atomic E-state index is 12.1. The van der Waals surface area contributed by atoms with Crippen LogP contribution in [-0.4, -0.2) is 17.0 Å². The third-order valence-corrected chi connectivity index (χ3v) is 5.17. The van der Waals surface area contributed by atoms with Crippen molar-refractivity contribution in [2.75, 3.05) is 0 Å². The molecule has 2 nitrogen and oxygen atoms in total. The molecule has 4 aliphatic rings. The number of rotatable bonds is 0. The average Bonchev–Trinajstić information content (AvgIpc) is 2.90. The number of carbonyl (C=O) groups excluding carboxylic acids is 1. The summed E-state index contributed by atoms with van der Waals surface area (Å²) in [6.07, 6.45) is 10.9. The van der Waals surface area contributed by atoms with Gasteiger partial charge in [-0.1, -0.05) is 11.6 Å². The van der Waals surface area contributed by atoms with Gasteiger partial charge in [-0.3, -0.25) is 4.79 Å². The molecule has 2 aliphatic heterocycles. The average molecular weight is 230 g/mol. The van der Waals surface area contributed by atoms with Gasteiger partial charge in [-0.2, -0.15) is 0 Å². The van der Waals surface area contributed by atoms with Gasteiger partial charge in [-0.05, 0) is 51.0 Å². The minimum Gasteiger partial charge on any atom is -0.356 e. The van der Waals surface area contributed by atoms with Gasteiger partial charge in [0.05, 0.1) is 5.60 Å². The van der Waals surface area contributed by atoms with E-state index in [1.54, 1.807) is 0 Å². The molecule has 0 aromatic rings. The Balaban J connectivity index is 1.89. The van der Waals surface area contributed by atoms with Crippen LogP contribution in [0.15, 0.2) is 23.3 Å². The van der Waals surface area contributed by atoms with Gasteiger partial charge in [0.2, 0.25) is 0 Å². The summed E-state index contributed by atoms with van der Waals surface area (Å²) in [6, 6.07) is 0. The van der Waals surface area contributed by atoms with Crippen molar-refractivity contribution >= 4 is 5.78 Å². The Bertz CT molecular complexity index is 473. The van der Waals surface area contributed by atoms with Crippen molar-refractivity contribution in [3.05, 3.63) is 23.3 Å². The molecule has 4 rings (SSSR count). The van der Waals surface area contributed by atoms with E-state index in [4.69, 9.17) is 4.74 Å². The highest BCUT2D eigenvalue weighted by Gasteiger charge is 2.55. The van der Waals surface area contributed by atoms with Gasteiger partial charge in [0, 0.05) is 12.0 Å². The minimum atomic E-state index is -0.415. The normalized spacial score (nSPS) is 47.4. The van der Waals surface area contributed by atoms with Gasteiger partial charge in [-0.25, -0.2) is 0 Å². The third kappa shape index (κ3) is 1.12. The number of carbonyl (C=O) groups is 1. The van der Waals surface area contributed by atoms with Gasteiger partial charge in [0.1, 0.15) is 5.60 Å². The molecule has 2 heteroatoms. The maximum Gasteiger partial charge on any atom is 0.162 e. The van der Waals surface area contributed by atoms with E-state index in [0.717, 1.165) is 24.8 Å². The van der Waals surface area contributed by atoms with Crippen LogP contribution in [-0.2, 0) is 9.53 Å². The highest BCUT2D eigenvalue weighted by atomic mass is 16.5. The Labute approximate surface area is 102 Å². The summed E-state index contributed by atoms with van der Waals surface area (Å²) in [5.74, 6) is 0.933. The van der Waals surface area contributed by atoms with Crippen LogP contribution >= 0.6 is 0 Å². The van der Waals surface area contributed by atoms with Crippen LogP contribution in [0.4, 0.5) is 0 Å². The fraction of sp³-hybridized carbons (Fsp3) is 0.667. The van der Waals surface area contributed by atoms with Crippen molar-refractivity contribution in [3.8, 4) is 0 Å². The predicted octanol–water partition coefficient (Wildman–Crippen LogP) is 2.93. The van der Waals surface area contributed by atoms with Crippen molar-refractivity contribution in [2.45, 2.75) is 56.7 Å². The van der Waals surface area contributed by atoms with E-state index in [9.17, 15) is 4.79 Å². The van der Waals surface area contributed by atoms with Gasteiger partial charge in [0.25, 0.3) is 0 Å². The molecule has 3 atom stereocenters. The molecule has 0 saturated heterocycles. The van der Waals surface area contributed by atoms with Crippen LogP contribution < -0.4 is 0 Å². The van der Waals surface area contributed by atoms with Crippen LogP contribution in [0.1, 0.15) is 45.4 Å². The molecular formula is C15H18O2. The summed E-state index contributed by atoms with van der Waals surface area (Å²) in [5.41, 5.74) is 1.94. The summed E-state index contributed by atoms with van der Waals surface area (Å²) < 4.78 is 6.42. The highest BCUT2D eigenvalue weighted by molar-refractivity contribution is 6.01. The molecule has 0 amide bonds. The zero-order valence-corrected chi connectivity index (χ0v) is 10.3. The molecule has 0 radical (unpaired) electrons. The predicted molar refractivity (Wildman–Crippen MR) is 64.6 cm³/mol. The Morgan fingerprint density at radius 1 is 1.35 bits per heavy atom. The van der Waals surface area contributed by atoms with E-state index in [1.807, 2.05) is 0 Å². The lowest BCUT2D eigenvalue weighted by Gasteiger charge is -2.32. The number of allylic oxidation sites excluding steroid dienone is 1. The molecule has 1 saturated carbocycles. The zero-order chi connectivity index (χ0) is 11.7. The van der Waals surface area contributed by atoms with E-state index in [0.29, 0.717) is 18.1 Å². The van der Waals surface area contributed by atoms with Gasteiger partial charge in [0.15, 0.2) is 5.78 Å². The third-order valence-electron chi connectivity index (χ3n) is 5.17. The van der Waals surface area contributed by atoms with Crippen LogP contribution in [0.3, 0.4) is 0 Å². The Kier molecular flexibility index (Phi) is 1.73. The van der Waals surface area contributed by atoms with Gasteiger partial charge in [-0.15, -0.1) is 0 Å². The Morgan fingerprint density at radius 2 is 2.24 bits per heavy atom. The highest BCUT2D eigenvalue weighted by Crippen LogP contribution is 2.55. The zero-order valence-electron chi connectivity index (χ0n) is 10.3. The molecule has 1 fully saturated rings. The number of hydrogen-bond donors (Lipinski definition) is 0. The minimum absolute atomic E-state index is 0.0423. The van der Waals surface area contributed by atoms with Crippen molar-refractivity contribution in [3.63, 3.8) is 0 Å². The SMILES string of the molecule is C[C@@]12C=C[C@]3(CCCC3CC3=C1C(=O)CC3)O2. The quantitative estimate of drug-likeness (QED) is 0.598. The second kappa shape index (κ2) is 2.92. The first-order chi connectivity index (χ1) is 8.13. The lowest BCUT2D eigenvalue weighted by molar-refractivity contribution is -0.120. The fourth-order valence-electron chi connectivity index (χ4n) is 4.44. The number of ether oxygens (including phenoxy) is 1. The monoisotopic (exact) mass is 230 g/mol. The van der Waals surface area contributed by atoms with E-state index >= 15 is 0 Å². The summed E-state index contributed by atoms with van der Waals surface area (Å²) >= 11 is 0. The van der Waals surface area contributed by atoms with Crippen molar-refractivity contribution in [1.82, 2.24) is 0 Å². The first-order valence-electron chi connectivity index (χ1n) is 6.79. The second-order valence-electron chi connectivity index (χ2n) is 6.19. The summed E-state index contributed by atoms with van der Waals surface area (Å²) in [7, 11) is 0. The standard InChI is InChI=1S/C15H18O2/c1-14-7-8-15(17-14)6-2-3-11(15)9-10-4-5-12(16)13(10)14/h7-8,11H,2-6,9H2,1H3/t11?,14-,15+/m1/s1. The number of Topliss-reactive ketones (excluding diaryl/α,β-unsaturated/α-hetero) is 1. The van der Waals surface area contributed by atoms with Gasteiger partial charge < -0.3 is 4.74 Å². The molecule has 2 aliphatic carbocycles. The Morgan fingerprint density at radius 3 is 3.12 bits per heavy atom. The molecule has 90 valence electrons. The largest absolute Gasteiger partial charge is 0.356 e. The maximum absolute atomic E-state index is 12.1. The van der Waals surface area contributed by atoms with Crippen LogP contribution in [0.2, 0.25) is 0 Å². The molecule has 0 aromatic carbocycles. The van der Waals surface area contributed by atoms with Crippen molar-refractivity contribution in [2.24, 2.45) is 5.92 Å². The van der Waals surface area contributed by atoms with Crippen LogP contribution in [0.25, 0.3) is 0 Å². The Hall–Kier alpha value is -0.890. The van der Waals surface area contributed by atoms with Crippen molar-refractivity contribution in [1.29, 1.82) is 0 Å².